The van der Waals surface area contributed by atoms with Crippen molar-refractivity contribution in [3.63, 3.8) is 0 Å². The molecule has 0 saturated heterocycles. The van der Waals surface area contributed by atoms with Crippen molar-refractivity contribution in [1.82, 2.24) is 0 Å². The maximum absolute atomic E-state index is 9.10. The topological polar surface area (TPSA) is 80.9 Å². The fourth-order valence-electron chi connectivity index (χ4n) is 0.912. The third-order valence-corrected chi connectivity index (χ3v) is 2.37. The molecule has 0 aromatic carbocycles. The zero-order valence-electron chi connectivity index (χ0n) is 5.55. The van der Waals surface area contributed by atoms with E-state index in [0.29, 0.717) is 4.48 Å². The molecule has 1 aliphatic rings. The third kappa shape index (κ3) is 1.62. The Morgan fingerprint density at radius 2 is 1.64 bits per heavy atom. The van der Waals surface area contributed by atoms with Gasteiger partial charge in [-0.15, -0.1) is 0 Å². The second-order valence-electron chi connectivity index (χ2n) is 2.47. The van der Waals surface area contributed by atoms with Gasteiger partial charge in [-0.3, -0.25) is 0 Å². The van der Waals surface area contributed by atoms with Gasteiger partial charge in [0.05, 0.1) is 0 Å². The molecular formula is C6H9BrO4. The molecule has 0 bridgehead atoms. The van der Waals surface area contributed by atoms with Crippen molar-refractivity contribution in [1.29, 1.82) is 0 Å². The minimum Gasteiger partial charge on any atom is -0.387 e. The van der Waals surface area contributed by atoms with E-state index in [4.69, 9.17) is 20.4 Å². The van der Waals surface area contributed by atoms with Crippen LogP contribution in [0, 0.1) is 0 Å². The molecule has 0 aromatic heterocycles. The fraction of sp³-hybridized carbons (Fsp3) is 0.667. The summed E-state index contributed by atoms with van der Waals surface area (Å²) >= 11 is 2.94. The molecule has 4 nitrogen and oxygen atoms in total. The molecule has 0 amide bonds. The number of hydrogen-bond acceptors (Lipinski definition) is 4. The third-order valence-electron chi connectivity index (χ3n) is 1.64. The SMILES string of the molecule is O[C@H]1[C@H](O)[C@@H](O)C=C(Br)[C@H]1O. The largest absolute Gasteiger partial charge is 0.387 e. The molecule has 0 fully saturated rings. The van der Waals surface area contributed by atoms with Gasteiger partial charge in [0.2, 0.25) is 0 Å². The first-order valence-corrected chi connectivity index (χ1v) is 3.93. The van der Waals surface area contributed by atoms with Crippen molar-refractivity contribution in [2.45, 2.75) is 24.4 Å². The lowest BCUT2D eigenvalue weighted by Crippen LogP contribution is -2.47. The first-order valence-electron chi connectivity index (χ1n) is 3.13. The Morgan fingerprint density at radius 1 is 1.09 bits per heavy atom. The molecule has 0 saturated carbocycles. The molecule has 0 heterocycles. The van der Waals surface area contributed by atoms with E-state index in [0.717, 1.165) is 0 Å². The summed E-state index contributed by atoms with van der Waals surface area (Å²) in [5.41, 5.74) is 0. The molecule has 4 N–H and O–H groups in total. The Labute approximate surface area is 71.9 Å². The van der Waals surface area contributed by atoms with Crippen LogP contribution in [-0.2, 0) is 0 Å². The lowest BCUT2D eigenvalue weighted by atomic mass is 9.96. The Kier molecular flexibility index (Phi) is 2.66. The molecule has 0 spiro atoms. The molecule has 0 radical (unpaired) electrons. The molecule has 0 aromatic rings. The van der Waals surface area contributed by atoms with Crippen LogP contribution in [-0.4, -0.2) is 44.8 Å². The molecule has 64 valence electrons. The number of rotatable bonds is 0. The normalized spacial score (nSPS) is 45.4. The maximum atomic E-state index is 9.10. The number of hydrogen-bond donors (Lipinski definition) is 4. The van der Waals surface area contributed by atoms with Gasteiger partial charge < -0.3 is 20.4 Å². The van der Waals surface area contributed by atoms with Gasteiger partial charge in [0, 0.05) is 4.48 Å². The predicted molar refractivity (Wildman–Crippen MR) is 41.0 cm³/mol. The highest BCUT2D eigenvalue weighted by molar-refractivity contribution is 9.11. The van der Waals surface area contributed by atoms with Crippen molar-refractivity contribution in [2.24, 2.45) is 0 Å². The summed E-state index contributed by atoms with van der Waals surface area (Å²) in [5.74, 6) is 0. The average molecular weight is 225 g/mol. The van der Waals surface area contributed by atoms with Crippen LogP contribution in [0.4, 0.5) is 0 Å². The van der Waals surface area contributed by atoms with Gasteiger partial charge in [0.25, 0.3) is 0 Å². The lowest BCUT2D eigenvalue weighted by molar-refractivity contribution is -0.0894. The van der Waals surface area contributed by atoms with Gasteiger partial charge >= 0.3 is 0 Å². The van der Waals surface area contributed by atoms with Crippen LogP contribution in [0.3, 0.4) is 0 Å². The lowest BCUT2D eigenvalue weighted by Gasteiger charge is -2.29. The Balaban J connectivity index is 2.83. The maximum Gasteiger partial charge on any atom is 0.114 e. The van der Waals surface area contributed by atoms with E-state index in [9.17, 15) is 0 Å². The molecule has 5 heteroatoms. The van der Waals surface area contributed by atoms with Crippen LogP contribution in [0.2, 0.25) is 0 Å². The first-order chi connectivity index (χ1) is 5.04. The highest BCUT2D eigenvalue weighted by atomic mass is 79.9. The summed E-state index contributed by atoms with van der Waals surface area (Å²) in [6.07, 6.45) is -3.66. The van der Waals surface area contributed by atoms with Gasteiger partial charge in [-0.1, -0.05) is 15.9 Å². The molecule has 11 heavy (non-hydrogen) atoms. The van der Waals surface area contributed by atoms with Gasteiger partial charge in [-0.05, 0) is 6.08 Å². The fourth-order valence-corrected chi connectivity index (χ4v) is 1.45. The van der Waals surface area contributed by atoms with Crippen LogP contribution >= 0.6 is 15.9 Å². The predicted octanol–water partition coefficient (Wildman–Crippen LogP) is -1.28. The van der Waals surface area contributed by atoms with E-state index >= 15 is 0 Å². The zero-order valence-corrected chi connectivity index (χ0v) is 7.14. The van der Waals surface area contributed by atoms with E-state index in [1.165, 1.54) is 6.08 Å². The van der Waals surface area contributed by atoms with Gasteiger partial charge in [0.1, 0.15) is 24.4 Å². The minimum atomic E-state index is -1.33. The summed E-state index contributed by atoms with van der Waals surface area (Å²) in [6, 6.07) is 0. The summed E-state index contributed by atoms with van der Waals surface area (Å²) in [4.78, 5) is 0. The van der Waals surface area contributed by atoms with E-state index < -0.39 is 24.4 Å². The van der Waals surface area contributed by atoms with Crippen LogP contribution in [0.5, 0.6) is 0 Å². The molecule has 1 rings (SSSR count). The Hall–Kier alpha value is 0.0600. The van der Waals surface area contributed by atoms with Crippen molar-refractivity contribution in [3.8, 4) is 0 Å². The highest BCUT2D eigenvalue weighted by Gasteiger charge is 2.35. The zero-order chi connectivity index (χ0) is 8.59. The monoisotopic (exact) mass is 224 g/mol. The number of aliphatic hydroxyl groups is 4. The van der Waals surface area contributed by atoms with Crippen molar-refractivity contribution in [3.05, 3.63) is 10.6 Å². The van der Waals surface area contributed by atoms with E-state index in [-0.39, 0.29) is 0 Å². The quantitative estimate of drug-likeness (QED) is 0.414. The van der Waals surface area contributed by atoms with Crippen molar-refractivity contribution >= 4 is 15.9 Å². The number of aliphatic hydroxyl groups excluding tert-OH is 4. The Morgan fingerprint density at radius 3 is 2.18 bits per heavy atom. The van der Waals surface area contributed by atoms with Crippen molar-refractivity contribution < 1.29 is 20.4 Å². The molecule has 1 aliphatic carbocycles. The molecule has 0 aliphatic heterocycles. The second-order valence-corrected chi connectivity index (χ2v) is 3.38. The van der Waals surface area contributed by atoms with Gasteiger partial charge in [0.15, 0.2) is 0 Å². The average Bonchev–Trinajstić information content (AvgIpc) is 1.97. The van der Waals surface area contributed by atoms with E-state index in [1.807, 2.05) is 0 Å². The first kappa shape index (κ1) is 9.15. The standard InChI is InChI=1S/C6H9BrO4/c7-2-1-3(8)5(10)6(11)4(2)9/h1,3-6,8-11H/t3-,4+,5+,6+/m0/s1. The van der Waals surface area contributed by atoms with Gasteiger partial charge in [-0.25, -0.2) is 0 Å². The summed E-state index contributed by atoms with van der Waals surface area (Å²) in [5, 5.41) is 36.2. The van der Waals surface area contributed by atoms with Crippen LogP contribution in [0.15, 0.2) is 10.6 Å². The number of halogens is 1. The minimum absolute atomic E-state index is 0.294. The molecular weight excluding hydrogens is 216 g/mol. The van der Waals surface area contributed by atoms with E-state index in [2.05, 4.69) is 15.9 Å². The van der Waals surface area contributed by atoms with Gasteiger partial charge in [-0.2, -0.15) is 0 Å². The smallest absolute Gasteiger partial charge is 0.114 e. The second kappa shape index (κ2) is 3.20. The molecule has 0 unspecified atom stereocenters. The van der Waals surface area contributed by atoms with Crippen LogP contribution in [0.25, 0.3) is 0 Å². The van der Waals surface area contributed by atoms with E-state index in [1.54, 1.807) is 0 Å². The molecule has 4 atom stereocenters. The summed E-state index contributed by atoms with van der Waals surface area (Å²) in [7, 11) is 0. The van der Waals surface area contributed by atoms with Crippen molar-refractivity contribution in [2.75, 3.05) is 0 Å². The van der Waals surface area contributed by atoms with Crippen LogP contribution in [0.1, 0.15) is 0 Å². The van der Waals surface area contributed by atoms with Crippen LogP contribution < -0.4 is 0 Å². The summed E-state index contributed by atoms with van der Waals surface area (Å²) < 4.78 is 0.294. The highest BCUT2D eigenvalue weighted by Crippen LogP contribution is 2.23. The Bertz CT molecular complexity index is 181. The summed E-state index contributed by atoms with van der Waals surface area (Å²) in [6.45, 7) is 0.